The average molecular weight is 387 g/mol. The monoisotopic (exact) mass is 387 g/mol. The number of aromatic nitrogens is 1. The number of thiazole rings is 1. The number of nitrogens with zero attached hydrogens (tertiary/aromatic N) is 3. The molecule has 0 radical (unpaired) electrons. The van der Waals surface area contributed by atoms with Crippen molar-refractivity contribution in [1.29, 1.82) is 0 Å². The van der Waals surface area contributed by atoms with Gasteiger partial charge >= 0.3 is 0 Å². The van der Waals surface area contributed by atoms with E-state index in [0.717, 1.165) is 27.5 Å². The van der Waals surface area contributed by atoms with Gasteiger partial charge in [-0.25, -0.2) is 13.8 Å². The number of rotatable bonds is 2. The van der Waals surface area contributed by atoms with Gasteiger partial charge in [0, 0.05) is 32.2 Å². The van der Waals surface area contributed by atoms with Crippen LogP contribution in [0, 0.1) is 25.5 Å². The van der Waals surface area contributed by atoms with E-state index >= 15 is 0 Å². The number of carbonyl (C=O) groups is 1. The van der Waals surface area contributed by atoms with Crippen LogP contribution in [-0.2, 0) is 0 Å². The van der Waals surface area contributed by atoms with Crippen LogP contribution in [0.3, 0.4) is 0 Å². The minimum absolute atomic E-state index is 0.0871. The normalized spacial score (nSPS) is 14.8. The molecule has 3 aromatic rings. The van der Waals surface area contributed by atoms with Gasteiger partial charge in [0.2, 0.25) is 0 Å². The summed E-state index contributed by atoms with van der Waals surface area (Å²) in [6.07, 6.45) is 0. The molecule has 1 aliphatic heterocycles. The Morgan fingerprint density at radius 3 is 2.52 bits per heavy atom. The van der Waals surface area contributed by atoms with Gasteiger partial charge in [0.05, 0.1) is 15.8 Å². The molecular weight excluding hydrogens is 368 g/mol. The van der Waals surface area contributed by atoms with Crippen LogP contribution in [0.25, 0.3) is 10.2 Å². The van der Waals surface area contributed by atoms with Gasteiger partial charge in [-0.3, -0.25) is 4.79 Å². The third-order valence-corrected chi connectivity index (χ3v) is 6.15. The van der Waals surface area contributed by atoms with Crippen molar-refractivity contribution in [3.8, 4) is 0 Å². The summed E-state index contributed by atoms with van der Waals surface area (Å²) in [7, 11) is 0. The minimum Gasteiger partial charge on any atom is -0.345 e. The van der Waals surface area contributed by atoms with Crippen molar-refractivity contribution in [2.24, 2.45) is 0 Å². The Balaban J connectivity index is 1.49. The first-order valence-corrected chi connectivity index (χ1v) is 9.61. The predicted octanol–water partition coefficient (Wildman–Crippen LogP) is 4.15. The number of anilines is 1. The van der Waals surface area contributed by atoms with Crippen molar-refractivity contribution in [3.63, 3.8) is 0 Å². The number of hydrogen-bond donors (Lipinski definition) is 0. The van der Waals surface area contributed by atoms with Crippen molar-refractivity contribution >= 4 is 32.6 Å². The SMILES string of the molecule is Cc1ccc2sc(N3CCN(C(=O)c4ccc(F)cc4F)CC3)nc2c1C. The minimum atomic E-state index is -0.820. The molecule has 4 nitrogen and oxygen atoms in total. The molecule has 4 rings (SSSR count). The lowest BCUT2D eigenvalue weighted by molar-refractivity contribution is 0.0742. The lowest BCUT2D eigenvalue weighted by Gasteiger charge is -2.34. The first-order valence-electron chi connectivity index (χ1n) is 8.80. The summed E-state index contributed by atoms with van der Waals surface area (Å²) in [6, 6.07) is 7.26. The molecule has 2 heterocycles. The maximum absolute atomic E-state index is 13.9. The van der Waals surface area contributed by atoms with E-state index in [1.807, 2.05) is 0 Å². The molecule has 0 spiro atoms. The van der Waals surface area contributed by atoms with E-state index in [0.29, 0.717) is 26.2 Å². The fourth-order valence-corrected chi connectivity index (χ4v) is 4.36. The summed E-state index contributed by atoms with van der Waals surface area (Å²) in [5.74, 6) is -1.90. The zero-order valence-electron chi connectivity index (χ0n) is 15.1. The summed E-state index contributed by atoms with van der Waals surface area (Å²) in [5, 5.41) is 0.943. The smallest absolute Gasteiger partial charge is 0.256 e. The first-order chi connectivity index (χ1) is 12.9. The van der Waals surface area contributed by atoms with E-state index in [2.05, 4.69) is 30.9 Å². The van der Waals surface area contributed by atoms with E-state index in [4.69, 9.17) is 4.98 Å². The van der Waals surface area contributed by atoms with E-state index < -0.39 is 17.5 Å². The number of halogens is 2. The highest BCUT2D eigenvalue weighted by molar-refractivity contribution is 7.22. The molecule has 1 saturated heterocycles. The van der Waals surface area contributed by atoms with Crippen LogP contribution in [0.1, 0.15) is 21.5 Å². The lowest BCUT2D eigenvalue weighted by Crippen LogP contribution is -2.49. The van der Waals surface area contributed by atoms with Crippen LogP contribution in [0.5, 0.6) is 0 Å². The van der Waals surface area contributed by atoms with Crippen molar-refractivity contribution < 1.29 is 13.6 Å². The Morgan fingerprint density at radius 2 is 1.81 bits per heavy atom. The summed E-state index contributed by atoms with van der Waals surface area (Å²) in [6.45, 7) is 6.37. The largest absolute Gasteiger partial charge is 0.345 e. The number of amides is 1. The number of hydrogen-bond acceptors (Lipinski definition) is 4. The molecule has 0 N–H and O–H groups in total. The highest BCUT2D eigenvalue weighted by Gasteiger charge is 2.25. The molecule has 1 aliphatic rings. The summed E-state index contributed by atoms with van der Waals surface area (Å²) in [4.78, 5) is 21.1. The predicted molar refractivity (Wildman–Crippen MR) is 104 cm³/mol. The second kappa shape index (κ2) is 6.88. The molecule has 2 aromatic carbocycles. The molecule has 7 heteroatoms. The van der Waals surface area contributed by atoms with Crippen LogP contribution in [0.4, 0.5) is 13.9 Å². The second-order valence-corrected chi connectivity index (χ2v) is 7.76. The number of aryl methyl sites for hydroxylation is 2. The standard InChI is InChI=1S/C20H19F2N3OS/c1-12-3-6-17-18(13(12)2)23-20(27-17)25-9-7-24(8-10-25)19(26)15-5-4-14(21)11-16(15)22/h3-6,11H,7-10H2,1-2H3. The van der Waals surface area contributed by atoms with Gasteiger partial charge in [-0.15, -0.1) is 0 Å². The van der Waals surface area contributed by atoms with Crippen LogP contribution in [-0.4, -0.2) is 42.0 Å². The number of benzene rings is 2. The van der Waals surface area contributed by atoms with E-state index in [9.17, 15) is 13.6 Å². The van der Waals surface area contributed by atoms with Crippen LogP contribution >= 0.6 is 11.3 Å². The van der Waals surface area contributed by atoms with Gasteiger partial charge in [0.15, 0.2) is 5.13 Å². The topological polar surface area (TPSA) is 36.4 Å². The van der Waals surface area contributed by atoms with Crippen LogP contribution < -0.4 is 4.90 Å². The van der Waals surface area contributed by atoms with Crippen molar-refractivity contribution in [2.45, 2.75) is 13.8 Å². The first kappa shape index (κ1) is 17.9. The Kier molecular flexibility index (Phi) is 4.55. The van der Waals surface area contributed by atoms with Gasteiger partial charge in [-0.05, 0) is 43.2 Å². The Labute approximate surface area is 160 Å². The molecule has 0 saturated carbocycles. The quantitative estimate of drug-likeness (QED) is 0.663. The number of piperazine rings is 1. The van der Waals surface area contributed by atoms with Crippen LogP contribution in [0.15, 0.2) is 30.3 Å². The van der Waals surface area contributed by atoms with Crippen LogP contribution in [0.2, 0.25) is 0 Å². The highest BCUT2D eigenvalue weighted by atomic mass is 32.1. The summed E-state index contributed by atoms with van der Waals surface area (Å²) < 4.78 is 28.1. The third-order valence-electron chi connectivity index (χ3n) is 5.07. The van der Waals surface area contributed by atoms with Gasteiger partial charge in [0.25, 0.3) is 5.91 Å². The fraction of sp³-hybridized carbons (Fsp3) is 0.300. The van der Waals surface area contributed by atoms with E-state index in [1.165, 1.54) is 17.2 Å². The molecule has 0 unspecified atom stereocenters. The molecular formula is C20H19F2N3OS. The maximum Gasteiger partial charge on any atom is 0.256 e. The average Bonchev–Trinajstić information content (AvgIpc) is 3.09. The summed E-state index contributed by atoms with van der Waals surface area (Å²) >= 11 is 1.65. The zero-order valence-corrected chi connectivity index (χ0v) is 15.9. The van der Waals surface area contributed by atoms with Crippen molar-refractivity contribution in [1.82, 2.24) is 9.88 Å². The second-order valence-electron chi connectivity index (χ2n) is 6.75. The van der Waals surface area contributed by atoms with E-state index in [1.54, 1.807) is 16.2 Å². The molecule has 1 aromatic heterocycles. The lowest BCUT2D eigenvalue weighted by atomic mass is 10.1. The molecule has 0 bridgehead atoms. The number of carbonyl (C=O) groups excluding carboxylic acids is 1. The van der Waals surface area contributed by atoms with Crippen molar-refractivity contribution in [2.75, 3.05) is 31.1 Å². The molecule has 140 valence electrons. The third kappa shape index (κ3) is 3.27. The molecule has 1 amide bonds. The molecule has 27 heavy (non-hydrogen) atoms. The zero-order chi connectivity index (χ0) is 19.1. The Bertz CT molecular complexity index is 1030. The van der Waals surface area contributed by atoms with Gasteiger partial charge in [-0.1, -0.05) is 17.4 Å². The van der Waals surface area contributed by atoms with Gasteiger partial charge in [0.1, 0.15) is 11.6 Å². The molecule has 0 atom stereocenters. The van der Waals surface area contributed by atoms with Crippen molar-refractivity contribution in [3.05, 3.63) is 58.7 Å². The fourth-order valence-electron chi connectivity index (χ4n) is 3.28. The maximum atomic E-state index is 13.9. The van der Waals surface area contributed by atoms with E-state index in [-0.39, 0.29) is 5.56 Å². The Morgan fingerprint density at radius 1 is 1.07 bits per heavy atom. The highest BCUT2D eigenvalue weighted by Crippen LogP contribution is 2.32. The Hall–Kier alpha value is -2.54. The molecule has 1 fully saturated rings. The molecule has 0 aliphatic carbocycles. The van der Waals surface area contributed by atoms with Gasteiger partial charge in [-0.2, -0.15) is 0 Å². The van der Waals surface area contributed by atoms with Gasteiger partial charge < -0.3 is 9.80 Å². The summed E-state index contributed by atoms with van der Waals surface area (Å²) in [5.41, 5.74) is 3.35. The number of fused-ring (bicyclic) bond motifs is 1.